The van der Waals surface area contributed by atoms with E-state index in [9.17, 15) is 0 Å². The van der Waals surface area contributed by atoms with Gasteiger partial charge < -0.3 is 0 Å². The fourth-order valence-corrected chi connectivity index (χ4v) is 10.8. The summed E-state index contributed by atoms with van der Waals surface area (Å²) in [5.74, 6) is 0.715. The Morgan fingerprint density at radius 1 is 0.279 bits per heavy atom. The van der Waals surface area contributed by atoms with Crippen LogP contribution in [0, 0.1) is 0 Å². The van der Waals surface area contributed by atoms with Crippen molar-refractivity contribution in [1.29, 1.82) is 0 Å². The summed E-state index contributed by atoms with van der Waals surface area (Å²) in [6, 6.07) is 79.8. The molecular formula is C59H36N2. The summed E-state index contributed by atoms with van der Waals surface area (Å²) < 4.78 is 0. The van der Waals surface area contributed by atoms with Gasteiger partial charge >= 0.3 is 0 Å². The molecule has 0 atom stereocenters. The van der Waals surface area contributed by atoms with E-state index in [-0.39, 0.29) is 0 Å². The van der Waals surface area contributed by atoms with E-state index in [1.807, 2.05) is 24.3 Å². The first-order chi connectivity index (χ1) is 30.3. The van der Waals surface area contributed by atoms with Crippen LogP contribution in [0.5, 0.6) is 0 Å². The average molecular weight is 773 g/mol. The van der Waals surface area contributed by atoms with Gasteiger partial charge in [-0.3, -0.25) is 0 Å². The van der Waals surface area contributed by atoms with Gasteiger partial charge in [0.05, 0.1) is 16.8 Å². The molecule has 61 heavy (non-hydrogen) atoms. The van der Waals surface area contributed by atoms with Gasteiger partial charge in [-0.05, 0) is 100 Å². The zero-order valence-electron chi connectivity index (χ0n) is 33.2. The molecule has 10 aromatic carbocycles. The number of hydrogen-bond donors (Lipinski definition) is 0. The summed E-state index contributed by atoms with van der Waals surface area (Å²) in [4.78, 5) is 10.2. The van der Waals surface area contributed by atoms with Crippen LogP contribution in [0.4, 0.5) is 0 Å². The fourth-order valence-electron chi connectivity index (χ4n) is 10.8. The van der Waals surface area contributed by atoms with E-state index in [2.05, 4.69) is 194 Å². The first kappa shape index (κ1) is 34.0. The van der Waals surface area contributed by atoms with Crippen LogP contribution < -0.4 is 0 Å². The Hall–Kier alpha value is -7.94. The summed E-state index contributed by atoms with van der Waals surface area (Å²) in [7, 11) is 0. The van der Waals surface area contributed by atoms with Crippen LogP contribution in [0.15, 0.2) is 218 Å². The monoisotopic (exact) mass is 772 g/mol. The lowest BCUT2D eigenvalue weighted by molar-refractivity contribution is 0.803. The van der Waals surface area contributed by atoms with E-state index in [4.69, 9.17) is 9.97 Å². The zero-order valence-corrected chi connectivity index (χ0v) is 33.2. The summed E-state index contributed by atoms with van der Waals surface area (Å²) >= 11 is 0. The van der Waals surface area contributed by atoms with Crippen molar-refractivity contribution in [1.82, 2.24) is 9.97 Å². The lowest BCUT2D eigenvalue weighted by Crippen LogP contribution is -2.26. The maximum Gasteiger partial charge on any atom is 0.160 e. The van der Waals surface area contributed by atoms with Crippen LogP contribution in [-0.4, -0.2) is 9.97 Å². The van der Waals surface area contributed by atoms with Crippen LogP contribution in [0.25, 0.3) is 99.6 Å². The molecule has 0 fully saturated rings. The van der Waals surface area contributed by atoms with Crippen LogP contribution in [0.3, 0.4) is 0 Å². The molecule has 0 aliphatic heterocycles. The molecule has 2 aliphatic rings. The van der Waals surface area contributed by atoms with E-state index in [1.54, 1.807) is 0 Å². The molecule has 0 radical (unpaired) electrons. The van der Waals surface area contributed by atoms with Gasteiger partial charge in [0.15, 0.2) is 5.82 Å². The van der Waals surface area contributed by atoms with Crippen molar-refractivity contribution in [3.8, 4) is 67.3 Å². The molecule has 2 nitrogen and oxygen atoms in total. The molecule has 11 aromatic rings. The van der Waals surface area contributed by atoms with Crippen molar-refractivity contribution >= 4 is 32.3 Å². The molecule has 0 bridgehead atoms. The molecule has 0 saturated carbocycles. The smallest absolute Gasteiger partial charge is 0.160 e. The Morgan fingerprint density at radius 3 is 1.34 bits per heavy atom. The van der Waals surface area contributed by atoms with Gasteiger partial charge in [-0.2, -0.15) is 0 Å². The number of fused-ring (bicyclic) bond motifs is 17. The third-order valence-electron chi connectivity index (χ3n) is 13.3. The maximum atomic E-state index is 5.15. The van der Waals surface area contributed by atoms with E-state index in [0.29, 0.717) is 5.82 Å². The van der Waals surface area contributed by atoms with Crippen molar-refractivity contribution in [2.45, 2.75) is 5.41 Å². The maximum absolute atomic E-state index is 5.15. The van der Waals surface area contributed by atoms with Crippen LogP contribution in [0.2, 0.25) is 0 Å². The topological polar surface area (TPSA) is 25.8 Å². The van der Waals surface area contributed by atoms with Crippen LogP contribution in [-0.2, 0) is 5.41 Å². The standard InChI is InChI=1S/C59H36N2/c1-3-17-38(18-4-1)53-36-54(61-58(60-53)40-19-5-2-6-20-40)39-33-31-37(32-34-39)49-35-52-55(46-26-10-8-23-43(46)49)56-47-27-11-7-21-41(47)42-22-9-12-28-48(42)57(56)59(52)50-29-15-13-24-44(50)45-25-14-16-30-51(45)59/h1-36H. The molecular weight excluding hydrogens is 737 g/mol. The van der Waals surface area contributed by atoms with Gasteiger partial charge in [0.1, 0.15) is 0 Å². The summed E-state index contributed by atoms with van der Waals surface area (Å²) in [6.45, 7) is 0. The molecule has 2 heteroatoms. The SMILES string of the molecule is c1ccc(-c2cc(-c3ccc(-c4cc5c(c6ccccc46)-c4c(c6ccccc6c6ccccc46)C54c5ccccc5-c5ccccc54)cc3)nc(-c3ccccc3)n2)cc1. The van der Waals surface area contributed by atoms with Gasteiger partial charge in [0, 0.05) is 16.7 Å². The fraction of sp³-hybridized carbons (Fsp3) is 0.0169. The first-order valence-electron chi connectivity index (χ1n) is 21.1. The van der Waals surface area contributed by atoms with Crippen molar-refractivity contribution in [3.05, 3.63) is 241 Å². The van der Waals surface area contributed by atoms with Gasteiger partial charge in [0.25, 0.3) is 0 Å². The number of aromatic nitrogens is 2. The second kappa shape index (κ2) is 13.0. The van der Waals surface area contributed by atoms with Gasteiger partial charge in [-0.1, -0.05) is 206 Å². The number of hydrogen-bond acceptors (Lipinski definition) is 2. The Labute approximate surface area is 354 Å². The highest BCUT2D eigenvalue weighted by atomic mass is 14.9. The Morgan fingerprint density at radius 2 is 0.721 bits per heavy atom. The molecule has 13 rings (SSSR count). The van der Waals surface area contributed by atoms with Gasteiger partial charge in [-0.25, -0.2) is 9.97 Å². The van der Waals surface area contributed by atoms with Crippen molar-refractivity contribution < 1.29 is 0 Å². The van der Waals surface area contributed by atoms with Crippen LogP contribution >= 0.6 is 0 Å². The lowest BCUT2D eigenvalue weighted by Gasteiger charge is -2.32. The highest BCUT2D eigenvalue weighted by Gasteiger charge is 2.53. The van der Waals surface area contributed by atoms with E-state index in [0.717, 1.165) is 28.1 Å². The largest absolute Gasteiger partial charge is 0.228 e. The minimum atomic E-state index is -0.525. The Bertz CT molecular complexity index is 3470. The predicted octanol–water partition coefficient (Wildman–Crippen LogP) is 14.9. The highest BCUT2D eigenvalue weighted by molar-refractivity contribution is 6.24. The highest BCUT2D eigenvalue weighted by Crippen LogP contribution is 2.67. The van der Waals surface area contributed by atoms with E-state index in [1.165, 1.54) is 88.0 Å². The van der Waals surface area contributed by atoms with Crippen molar-refractivity contribution in [2.75, 3.05) is 0 Å². The molecule has 282 valence electrons. The number of nitrogens with zero attached hydrogens (tertiary/aromatic N) is 2. The molecule has 0 saturated heterocycles. The minimum Gasteiger partial charge on any atom is -0.228 e. The van der Waals surface area contributed by atoms with Crippen molar-refractivity contribution in [3.63, 3.8) is 0 Å². The minimum absolute atomic E-state index is 0.525. The van der Waals surface area contributed by atoms with E-state index >= 15 is 0 Å². The third-order valence-corrected chi connectivity index (χ3v) is 13.3. The van der Waals surface area contributed by atoms with Crippen molar-refractivity contribution in [2.24, 2.45) is 0 Å². The normalized spacial score (nSPS) is 13.0. The summed E-state index contributed by atoms with van der Waals surface area (Å²) in [5, 5.41) is 7.71. The summed E-state index contributed by atoms with van der Waals surface area (Å²) in [6.07, 6.45) is 0. The van der Waals surface area contributed by atoms with E-state index < -0.39 is 5.41 Å². The molecule has 1 spiro atoms. The van der Waals surface area contributed by atoms with Crippen LogP contribution in [0.1, 0.15) is 22.3 Å². The number of benzene rings is 10. The predicted molar refractivity (Wildman–Crippen MR) is 253 cm³/mol. The Kier molecular flexibility index (Phi) is 7.26. The molecule has 0 amide bonds. The molecule has 0 N–H and O–H groups in total. The second-order valence-electron chi connectivity index (χ2n) is 16.3. The number of rotatable bonds is 4. The third kappa shape index (κ3) is 4.79. The lowest BCUT2D eigenvalue weighted by atomic mass is 9.68. The molecule has 2 aliphatic carbocycles. The molecule has 1 heterocycles. The zero-order chi connectivity index (χ0) is 40.1. The average Bonchev–Trinajstić information content (AvgIpc) is 3.82. The quantitative estimate of drug-likeness (QED) is 0.167. The second-order valence-corrected chi connectivity index (χ2v) is 16.3. The summed E-state index contributed by atoms with van der Waals surface area (Å²) in [5.41, 5.74) is 17.5. The molecule has 1 aromatic heterocycles. The Balaban J connectivity index is 1.08. The van der Waals surface area contributed by atoms with Gasteiger partial charge in [0.2, 0.25) is 0 Å². The molecule has 0 unspecified atom stereocenters. The first-order valence-corrected chi connectivity index (χ1v) is 21.1. The van der Waals surface area contributed by atoms with Gasteiger partial charge in [-0.15, -0.1) is 0 Å².